The highest BCUT2D eigenvalue weighted by Gasteiger charge is 2.15. The molecule has 0 radical (unpaired) electrons. The Hall–Kier alpha value is -0.900. The van der Waals surface area contributed by atoms with E-state index >= 15 is 0 Å². The Morgan fingerprint density at radius 3 is 2.74 bits per heavy atom. The fraction of sp³-hybridized carbons (Fsp3) is 0.800. The third kappa shape index (κ3) is 7.03. The Balaban J connectivity index is 0.00000264. The van der Waals surface area contributed by atoms with Gasteiger partial charge in [-0.2, -0.15) is 4.98 Å². The zero-order valence-electron chi connectivity index (χ0n) is 14.2. The van der Waals surface area contributed by atoms with Crippen LogP contribution in [0.4, 0.5) is 0 Å². The number of guanidine groups is 1. The van der Waals surface area contributed by atoms with Crippen molar-refractivity contribution >= 4 is 29.9 Å². The number of ether oxygens (including phenoxy) is 1. The molecule has 7 nitrogen and oxygen atoms in total. The molecular weight excluding hydrogens is 409 g/mol. The summed E-state index contributed by atoms with van der Waals surface area (Å²) in [6.07, 6.45) is 4.24. The van der Waals surface area contributed by atoms with Crippen LogP contribution in [0.2, 0.25) is 0 Å². The molecule has 1 saturated heterocycles. The van der Waals surface area contributed by atoms with Gasteiger partial charge in [0, 0.05) is 46.8 Å². The lowest BCUT2D eigenvalue weighted by Gasteiger charge is -2.26. The first kappa shape index (κ1) is 20.1. The number of rotatable bonds is 6. The van der Waals surface area contributed by atoms with E-state index in [2.05, 4.69) is 32.4 Å². The minimum absolute atomic E-state index is 0. The monoisotopic (exact) mass is 437 g/mol. The Morgan fingerprint density at radius 1 is 1.39 bits per heavy atom. The highest BCUT2D eigenvalue weighted by molar-refractivity contribution is 14.0. The van der Waals surface area contributed by atoms with Crippen LogP contribution in [0.1, 0.15) is 31.0 Å². The SMILES string of the molecule is CN=C(NCCc1nc(C)no1)N(C)CCC1CCOCC1.I. The van der Waals surface area contributed by atoms with Crippen molar-refractivity contribution in [1.29, 1.82) is 0 Å². The van der Waals surface area contributed by atoms with Gasteiger partial charge < -0.3 is 19.5 Å². The molecule has 1 fully saturated rings. The van der Waals surface area contributed by atoms with Crippen molar-refractivity contribution in [3.63, 3.8) is 0 Å². The van der Waals surface area contributed by atoms with E-state index in [0.29, 0.717) is 18.1 Å². The van der Waals surface area contributed by atoms with E-state index in [9.17, 15) is 0 Å². The summed E-state index contributed by atoms with van der Waals surface area (Å²) in [4.78, 5) is 10.7. The van der Waals surface area contributed by atoms with Gasteiger partial charge in [-0.25, -0.2) is 0 Å². The lowest BCUT2D eigenvalue weighted by atomic mass is 9.96. The first-order chi connectivity index (χ1) is 10.7. The molecule has 1 aliphatic heterocycles. The van der Waals surface area contributed by atoms with E-state index in [0.717, 1.165) is 38.2 Å². The Bertz CT molecular complexity index is 474. The van der Waals surface area contributed by atoms with Crippen LogP contribution in [0.5, 0.6) is 0 Å². The molecule has 132 valence electrons. The highest BCUT2D eigenvalue weighted by Crippen LogP contribution is 2.18. The molecule has 0 spiro atoms. The number of hydrogen-bond donors (Lipinski definition) is 1. The molecule has 1 N–H and O–H groups in total. The van der Waals surface area contributed by atoms with E-state index < -0.39 is 0 Å². The Kier molecular flexibility index (Phi) is 9.46. The molecule has 1 aromatic rings. The summed E-state index contributed by atoms with van der Waals surface area (Å²) in [6.45, 7) is 5.37. The fourth-order valence-corrected chi connectivity index (χ4v) is 2.62. The van der Waals surface area contributed by atoms with Crippen LogP contribution in [0, 0.1) is 12.8 Å². The summed E-state index contributed by atoms with van der Waals surface area (Å²) in [7, 11) is 3.88. The third-order valence-electron chi connectivity index (χ3n) is 3.98. The maximum absolute atomic E-state index is 5.40. The number of nitrogens with zero attached hydrogens (tertiary/aromatic N) is 4. The van der Waals surface area contributed by atoms with Crippen molar-refractivity contribution in [1.82, 2.24) is 20.4 Å². The average Bonchev–Trinajstić information content (AvgIpc) is 2.95. The summed E-state index contributed by atoms with van der Waals surface area (Å²) < 4.78 is 10.5. The van der Waals surface area contributed by atoms with Gasteiger partial charge in [0.2, 0.25) is 5.89 Å². The number of aromatic nitrogens is 2. The van der Waals surface area contributed by atoms with Gasteiger partial charge >= 0.3 is 0 Å². The van der Waals surface area contributed by atoms with Gasteiger partial charge in [0.05, 0.1) is 0 Å². The molecule has 0 atom stereocenters. The second-order valence-electron chi connectivity index (χ2n) is 5.73. The number of hydrogen-bond acceptors (Lipinski definition) is 5. The normalized spacial score (nSPS) is 16.0. The van der Waals surface area contributed by atoms with Crippen molar-refractivity contribution in [2.45, 2.75) is 32.6 Å². The van der Waals surface area contributed by atoms with Crippen molar-refractivity contribution < 1.29 is 9.26 Å². The molecule has 0 amide bonds. The lowest BCUT2D eigenvalue weighted by Crippen LogP contribution is -2.40. The van der Waals surface area contributed by atoms with Crippen molar-refractivity contribution in [3.05, 3.63) is 11.7 Å². The number of halogens is 1. The zero-order valence-corrected chi connectivity index (χ0v) is 16.6. The molecule has 0 bridgehead atoms. The maximum atomic E-state index is 5.40. The van der Waals surface area contributed by atoms with E-state index in [1.54, 1.807) is 0 Å². The topological polar surface area (TPSA) is 75.8 Å². The van der Waals surface area contributed by atoms with Crippen LogP contribution in [0.15, 0.2) is 9.52 Å². The minimum Gasteiger partial charge on any atom is -0.381 e. The van der Waals surface area contributed by atoms with Gasteiger partial charge in [-0.05, 0) is 32.1 Å². The highest BCUT2D eigenvalue weighted by atomic mass is 127. The summed E-state index contributed by atoms with van der Waals surface area (Å²) in [5, 5.41) is 7.12. The number of aliphatic imine (C=N–C) groups is 1. The molecule has 0 saturated carbocycles. The molecule has 0 aromatic carbocycles. The molecule has 1 aromatic heterocycles. The second-order valence-corrected chi connectivity index (χ2v) is 5.73. The zero-order chi connectivity index (χ0) is 15.8. The second kappa shape index (κ2) is 10.8. The van der Waals surface area contributed by atoms with Crippen LogP contribution in [-0.2, 0) is 11.2 Å². The van der Waals surface area contributed by atoms with Gasteiger partial charge in [-0.1, -0.05) is 5.16 Å². The van der Waals surface area contributed by atoms with Crippen molar-refractivity contribution in [2.75, 3.05) is 40.4 Å². The van der Waals surface area contributed by atoms with Crippen LogP contribution in [0.3, 0.4) is 0 Å². The van der Waals surface area contributed by atoms with Gasteiger partial charge in [0.1, 0.15) is 0 Å². The smallest absolute Gasteiger partial charge is 0.228 e. The van der Waals surface area contributed by atoms with E-state index in [1.807, 2.05) is 14.0 Å². The molecule has 23 heavy (non-hydrogen) atoms. The molecule has 0 aliphatic carbocycles. The molecule has 0 unspecified atom stereocenters. The first-order valence-corrected chi connectivity index (χ1v) is 7.97. The molecule has 2 heterocycles. The average molecular weight is 437 g/mol. The van der Waals surface area contributed by atoms with Crippen LogP contribution in [-0.4, -0.2) is 61.4 Å². The summed E-state index contributed by atoms with van der Waals surface area (Å²) in [5.74, 6) is 3.01. The quantitative estimate of drug-likeness (QED) is 0.416. The Labute approximate surface area is 155 Å². The fourth-order valence-electron chi connectivity index (χ4n) is 2.62. The number of aryl methyl sites for hydroxylation is 1. The first-order valence-electron chi connectivity index (χ1n) is 7.97. The summed E-state index contributed by atoms with van der Waals surface area (Å²) in [5.41, 5.74) is 0. The van der Waals surface area contributed by atoms with Crippen molar-refractivity contribution in [3.8, 4) is 0 Å². The van der Waals surface area contributed by atoms with E-state index in [1.165, 1.54) is 19.3 Å². The van der Waals surface area contributed by atoms with Crippen LogP contribution in [0.25, 0.3) is 0 Å². The standard InChI is InChI=1S/C15H27N5O2.HI/c1-12-18-14(22-19-12)4-8-17-15(16-2)20(3)9-5-13-6-10-21-11-7-13;/h13H,4-11H2,1-3H3,(H,16,17);1H. The Morgan fingerprint density at radius 2 is 2.13 bits per heavy atom. The lowest BCUT2D eigenvalue weighted by molar-refractivity contribution is 0.0625. The molecule has 1 aliphatic rings. The molecule has 2 rings (SSSR count). The molecular formula is C15H28IN5O2. The summed E-state index contributed by atoms with van der Waals surface area (Å²) >= 11 is 0. The van der Waals surface area contributed by atoms with Crippen LogP contribution < -0.4 is 5.32 Å². The van der Waals surface area contributed by atoms with Gasteiger partial charge in [-0.15, -0.1) is 24.0 Å². The summed E-state index contributed by atoms with van der Waals surface area (Å²) in [6, 6.07) is 0. The van der Waals surface area contributed by atoms with Gasteiger partial charge in [0.15, 0.2) is 11.8 Å². The van der Waals surface area contributed by atoms with Gasteiger partial charge in [-0.3, -0.25) is 4.99 Å². The molecule has 8 heteroatoms. The third-order valence-corrected chi connectivity index (χ3v) is 3.98. The minimum atomic E-state index is 0. The van der Waals surface area contributed by atoms with E-state index in [-0.39, 0.29) is 24.0 Å². The maximum Gasteiger partial charge on any atom is 0.228 e. The number of nitrogens with one attached hydrogen (secondary N) is 1. The van der Waals surface area contributed by atoms with Crippen LogP contribution >= 0.6 is 24.0 Å². The van der Waals surface area contributed by atoms with E-state index in [4.69, 9.17) is 9.26 Å². The predicted molar refractivity (Wildman–Crippen MR) is 100 cm³/mol. The predicted octanol–water partition coefficient (Wildman–Crippen LogP) is 1.86. The van der Waals surface area contributed by atoms with Crippen molar-refractivity contribution in [2.24, 2.45) is 10.9 Å². The van der Waals surface area contributed by atoms with Gasteiger partial charge in [0.25, 0.3) is 0 Å². The largest absolute Gasteiger partial charge is 0.381 e.